The largest absolute Gasteiger partial charge is 0.495 e. The molecule has 0 fully saturated rings. The predicted octanol–water partition coefficient (Wildman–Crippen LogP) is 0.211. The van der Waals surface area contributed by atoms with Crippen LogP contribution in [0.5, 0.6) is 0 Å². The van der Waals surface area contributed by atoms with Crippen LogP contribution in [-0.2, 0) is 50.6 Å². The van der Waals surface area contributed by atoms with Gasteiger partial charge in [-0.1, -0.05) is 6.20 Å². The Morgan fingerprint density at radius 1 is 1.70 bits per heavy atom. The van der Waals surface area contributed by atoms with Crippen molar-refractivity contribution >= 4 is 0 Å². The van der Waals surface area contributed by atoms with Crippen LogP contribution in [0.15, 0.2) is 6.20 Å². The Labute approximate surface area is 84.7 Å². The summed E-state index contributed by atoms with van der Waals surface area (Å²) in [5.74, 6) is 0.987. The number of nitrogens with zero attached hydrogens (tertiary/aromatic N) is 2. The smallest absolute Gasteiger partial charge is 0.0602 e. The molecule has 3 nitrogen and oxygen atoms in total. The van der Waals surface area contributed by atoms with Gasteiger partial charge in [-0.05, 0) is 5.82 Å². The number of hydrogen-bond donors (Lipinski definition) is 0. The van der Waals surface area contributed by atoms with E-state index < -0.39 is 0 Å². The first-order valence-electron chi connectivity index (χ1n) is 2.96. The van der Waals surface area contributed by atoms with Crippen LogP contribution in [0.1, 0.15) is 5.82 Å². The molecule has 0 atom stereocenters. The van der Waals surface area contributed by atoms with Crippen LogP contribution in [0.2, 0.25) is 0 Å². The van der Waals surface area contributed by atoms with Crippen LogP contribution in [0.25, 0.3) is 0 Å². The molecule has 4 heteroatoms. The van der Waals surface area contributed by atoms with Crippen molar-refractivity contribution in [1.82, 2.24) is 9.55 Å². The fourth-order valence-electron chi connectivity index (χ4n) is 0.945. The number of ether oxygens (including phenoxy) is 1. The molecule has 51 valence electrons. The summed E-state index contributed by atoms with van der Waals surface area (Å²) in [6.45, 7) is 2.33. The monoisotopic (exact) mass is 212 g/mol. The molecular weight excluding hydrogens is 205 g/mol. The standard InChI is InChI=1S/C6H7N2O.Y/c1-2-8-3-4-9-5-6(8)7-1;/h1H,3-5H2;/q-1;. The van der Waals surface area contributed by atoms with Crippen molar-refractivity contribution in [2.45, 2.75) is 13.2 Å². The van der Waals surface area contributed by atoms with Crippen molar-refractivity contribution in [3.05, 3.63) is 18.2 Å². The first-order chi connectivity index (χ1) is 4.47. The fourth-order valence-corrected chi connectivity index (χ4v) is 0.945. The topological polar surface area (TPSA) is 27.1 Å². The third-order valence-corrected chi connectivity index (χ3v) is 1.43. The average Bonchev–Trinajstić information content (AvgIpc) is 2.33. The number of imidazole rings is 1. The van der Waals surface area contributed by atoms with E-state index in [-0.39, 0.29) is 32.7 Å². The van der Waals surface area contributed by atoms with Gasteiger partial charge in [0.1, 0.15) is 0 Å². The molecule has 1 aliphatic rings. The molecule has 0 spiro atoms. The summed E-state index contributed by atoms with van der Waals surface area (Å²) < 4.78 is 7.14. The minimum atomic E-state index is 0. The second-order valence-corrected chi connectivity index (χ2v) is 2.01. The minimum absolute atomic E-state index is 0. The molecule has 0 unspecified atom stereocenters. The Morgan fingerprint density at radius 3 is 3.40 bits per heavy atom. The molecule has 1 radical (unpaired) electrons. The molecule has 0 bridgehead atoms. The summed E-state index contributed by atoms with van der Waals surface area (Å²) >= 11 is 0. The second-order valence-electron chi connectivity index (χ2n) is 2.01. The van der Waals surface area contributed by atoms with E-state index in [1.807, 2.05) is 4.57 Å². The van der Waals surface area contributed by atoms with Crippen LogP contribution >= 0.6 is 0 Å². The average molecular weight is 212 g/mol. The molecule has 2 rings (SSSR count). The molecule has 1 aliphatic heterocycles. The van der Waals surface area contributed by atoms with Crippen LogP contribution < -0.4 is 0 Å². The van der Waals surface area contributed by atoms with E-state index >= 15 is 0 Å². The summed E-state index contributed by atoms with van der Waals surface area (Å²) in [5.41, 5.74) is 0. The number of rotatable bonds is 0. The Hall–Kier alpha value is 0.274. The maximum Gasteiger partial charge on any atom is 0.0602 e. The van der Waals surface area contributed by atoms with Crippen molar-refractivity contribution in [1.29, 1.82) is 0 Å². The van der Waals surface area contributed by atoms with Crippen molar-refractivity contribution < 1.29 is 37.4 Å². The van der Waals surface area contributed by atoms with Crippen molar-refractivity contribution in [2.24, 2.45) is 0 Å². The predicted molar refractivity (Wildman–Crippen MR) is 30.7 cm³/mol. The quantitative estimate of drug-likeness (QED) is 0.575. The molecule has 1 aromatic rings. The van der Waals surface area contributed by atoms with Crippen LogP contribution in [-0.4, -0.2) is 16.2 Å². The summed E-state index contributed by atoms with van der Waals surface area (Å²) in [7, 11) is 0. The zero-order valence-corrected chi connectivity index (χ0v) is 8.42. The van der Waals surface area contributed by atoms with E-state index in [9.17, 15) is 0 Å². The summed E-state index contributed by atoms with van der Waals surface area (Å²) in [6, 6.07) is 0. The molecule has 0 aliphatic carbocycles. The molecule has 0 saturated heterocycles. The van der Waals surface area contributed by atoms with E-state index in [1.165, 1.54) is 0 Å². The maximum absolute atomic E-state index is 5.15. The van der Waals surface area contributed by atoms with Gasteiger partial charge in [0.25, 0.3) is 0 Å². The Kier molecular flexibility index (Phi) is 3.02. The van der Waals surface area contributed by atoms with Gasteiger partial charge in [-0.15, -0.1) is 0 Å². The molecule has 10 heavy (non-hydrogen) atoms. The van der Waals surface area contributed by atoms with Gasteiger partial charge in [-0.2, -0.15) is 6.20 Å². The van der Waals surface area contributed by atoms with E-state index in [0.717, 1.165) is 19.0 Å². The third kappa shape index (κ3) is 1.47. The van der Waals surface area contributed by atoms with E-state index in [2.05, 4.69) is 11.2 Å². The van der Waals surface area contributed by atoms with Gasteiger partial charge in [-0.3, -0.25) is 0 Å². The normalized spacial score (nSPS) is 15.6. The summed E-state index contributed by atoms with van der Waals surface area (Å²) in [4.78, 5) is 4.04. The number of hydrogen-bond acceptors (Lipinski definition) is 2. The van der Waals surface area contributed by atoms with Crippen LogP contribution in [0.3, 0.4) is 0 Å². The van der Waals surface area contributed by atoms with Crippen molar-refractivity contribution in [3.63, 3.8) is 0 Å². The van der Waals surface area contributed by atoms with E-state index in [0.29, 0.717) is 6.61 Å². The third-order valence-electron chi connectivity index (χ3n) is 1.43. The number of fused-ring (bicyclic) bond motifs is 1. The molecule has 0 amide bonds. The van der Waals surface area contributed by atoms with Crippen LogP contribution in [0, 0.1) is 6.20 Å². The fraction of sp³-hybridized carbons (Fsp3) is 0.500. The SMILES string of the molecule is [Y].[c-]1cnc2n1CCOC2. The number of aromatic nitrogens is 2. The van der Waals surface area contributed by atoms with E-state index in [1.54, 1.807) is 6.20 Å². The summed E-state index contributed by atoms with van der Waals surface area (Å²) in [5, 5.41) is 0. The molecule has 2 heterocycles. The molecule has 0 saturated carbocycles. The van der Waals surface area contributed by atoms with Gasteiger partial charge in [0.05, 0.1) is 6.61 Å². The second kappa shape index (κ2) is 3.60. The van der Waals surface area contributed by atoms with Gasteiger partial charge in [-0.25, -0.2) is 0 Å². The Balaban J connectivity index is 0.000000500. The van der Waals surface area contributed by atoms with E-state index in [4.69, 9.17) is 4.74 Å². The molecule has 0 N–H and O–H groups in total. The van der Waals surface area contributed by atoms with Gasteiger partial charge in [0.2, 0.25) is 0 Å². The Bertz CT molecular complexity index is 191. The molecular formula is C6H7N2OY-. The molecule has 0 aromatic carbocycles. The van der Waals surface area contributed by atoms with Crippen LogP contribution in [0.4, 0.5) is 0 Å². The van der Waals surface area contributed by atoms with Gasteiger partial charge >= 0.3 is 0 Å². The molecule has 1 aromatic heterocycles. The maximum atomic E-state index is 5.15. The van der Waals surface area contributed by atoms with Gasteiger partial charge in [0, 0.05) is 45.9 Å². The Morgan fingerprint density at radius 2 is 2.60 bits per heavy atom. The minimum Gasteiger partial charge on any atom is -0.495 e. The first-order valence-corrected chi connectivity index (χ1v) is 2.96. The van der Waals surface area contributed by atoms with Crippen molar-refractivity contribution in [3.8, 4) is 0 Å². The first kappa shape index (κ1) is 8.37. The zero-order chi connectivity index (χ0) is 6.10. The van der Waals surface area contributed by atoms with Crippen molar-refractivity contribution in [2.75, 3.05) is 6.61 Å². The summed E-state index contributed by atoms with van der Waals surface area (Å²) in [6.07, 6.45) is 4.67. The van der Waals surface area contributed by atoms with Gasteiger partial charge in [0.15, 0.2) is 0 Å². The zero-order valence-electron chi connectivity index (χ0n) is 5.58. The van der Waals surface area contributed by atoms with Gasteiger partial charge < -0.3 is 14.3 Å².